The molecule has 100 heavy (non-hydrogen) atoms. The number of halogens is 4. The van der Waals surface area contributed by atoms with E-state index in [-0.39, 0.29) is 23.3 Å². The van der Waals surface area contributed by atoms with Gasteiger partial charge in [0.2, 0.25) is 0 Å². The summed E-state index contributed by atoms with van der Waals surface area (Å²) in [6, 6.07) is 102. The van der Waals surface area contributed by atoms with Crippen molar-refractivity contribution in [2.24, 2.45) is 0 Å². The number of aryl methyl sites for hydroxylation is 2. The molecule has 0 aromatic heterocycles. The van der Waals surface area contributed by atoms with E-state index in [0.717, 1.165) is 123 Å². The van der Waals surface area contributed by atoms with Gasteiger partial charge in [0.15, 0.2) is 0 Å². The summed E-state index contributed by atoms with van der Waals surface area (Å²) in [6.07, 6.45) is 3.59. The van der Waals surface area contributed by atoms with E-state index >= 15 is 17.6 Å². The summed E-state index contributed by atoms with van der Waals surface area (Å²) in [5, 5.41) is 0. The van der Waals surface area contributed by atoms with Crippen LogP contribution in [-0.2, 0) is 10.8 Å². The molecule has 2 atom stereocenters. The lowest BCUT2D eigenvalue weighted by atomic mass is 9.67. The van der Waals surface area contributed by atoms with Crippen LogP contribution < -0.4 is 19.3 Å². The Morgan fingerprint density at radius 1 is 0.290 bits per heavy atom. The van der Waals surface area contributed by atoms with Crippen molar-refractivity contribution in [3.63, 3.8) is 0 Å². The summed E-state index contributed by atoms with van der Waals surface area (Å²) in [5.74, 6) is 1.43. The molecular formula is C92H64F4N2O2. The van der Waals surface area contributed by atoms with Gasteiger partial charge in [0.1, 0.15) is 46.3 Å². The first-order chi connectivity index (χ1) is 48.9. The summed E-state index contributed by atoms with van der Waals surface area (Å²) >= 11 is 0. The van der Waals surface area contributed by atoms with Crippen molar-refractivity contribution >= 4 is 46.3 Å². The van der Waals surface area contributed by atoms with E-state index < -0.39 is 10.8 Å². The minimum atomic E-state index is -0.907. The highest BCUT2D eigenvalue weighted by atomic mass is 19.1. The average molecular weight is 1310 g/mol. The fraction of sp³-hybridized carbons (Fsp3) is 0.0435. The Kier molecular flexibility index (Phi) is 15.9. The van der Waals surface area contributed by atoms with Gasteiger partial charge in [-0.25, -0.2) is 17.6 Å². The van der Waals surface area contributed by atoms with E-state index in [1.165, 1.54) is 36.4 Å². The van der Waals surface area contributed by atoms with E-state index in [2.05, 4.69) is 181 Å². The lowest BCUT2D eigenvalue weighted by molar-refractivity contribution is 0.482. The van der Waals surface area contributed by atoms with E-state index in [4.69, 9.17) is 9.47 Å². The van der Waals surface area contributed by atoms with Crippen molar-refractivity contribution in [3.8, 4) is 56.4 Å². The highest BCUT2D eigenvalue weighted by molar-refractivity contribution is 5.92. The molecule has 0 saturated carbocycles. The van der Waals surface area contributed by atoms with E-state index in [0.29, 0.717) is 34.1 Å². The number of ether oxygens (including phenoxy) is 2. The van der Waals surface area contributed by atoms with Gasteiger partial charge in [-0.2, -0.15) is 0 Å². The Balaban J connectivity index is 0.774. The van der Waals surface area contributed by atoms with Crippen LogP contribution in [0, 0.1) is 37.1 Å². The Bertz CT molecular complexity index is 5100. The second-order valence-electron chi connectivity index (χ2n) is 25.5. The monoisotopic (exact) mass is 1300 g/mol. The number of anilines is 6. The van der Waals surface area contributed by atoms with Gasteiger partial charge >= 0.3 is 0 Å². The number of nitrogens with zero attached hydrogens (tertiary/aromatic N) is 2. The van der Waals surface area contributed by atoms with Gasteiger partial charge in [-0.15, -0.1) is 0 Å². The SMILES string of the molecule is C=Cc1ccc(Oc2ccc(C3(c4ccc(F)cc4)c4ccccc4-c4ccc(N(c5ccc(-c6ccc(N(c7ccc(F)c(C)c7)c7ccc8c(c7)C(c7ccc(F)cc7)(c7ccc(Oc9ccc(C=C)cc9)cc7)c7ccccc7-8)cc6)cc5)c5ccc(F)c(C)c5)cc43)cc2)cc1. The van der Waals surface area contributed by atoms with E-state index in [1.807, 2.05) is 121 Å². The van der Waals surface area contributed by atoms with Crippen molar-refractivity contribution in [1.82, 2.24) is 0 Å². The van der Waals surface area contributed by atoms with Gasteiger partial charge in [-0.05, 0) is 272 Å². The molecule has 0 saturated heterocycles. The smallest absolute Gasteiger partial charge is 0.127 e. The molecule has 482 valence electrons. The molecule has 0 heterocycles. The lowest BCUT2D eigenvalue weighted by Crippen LogP contribution is -2.29. The quantitative estimate of drug-likeness (QED) is 0.0849. The third-order valence-corrected chi connectivity index (χ3v) is 19.8. The van der Waals surface area contributed by atoms with Crippen LogP contribution in [0.15, 0.2) is 329 Å². The molecule has 0 fully saturated rings. The third-order valence-electron chi connectivity index (χ3n) is 19.8. The molecule has 2 unspecified atom stereocenters. The Labute approximate surface area is 579 Å². The van der Waals surface area contributed by atoms with Crippen molar-refractivity contribution in [2.45, 2.75) is 24.7 Å². The summed E-state index contributed by atoms with van der Waals surface area (Å²) < 4.78 is 73.8. The largest absolute Gasteiger partial charge is 0.457 e. The standard InChI is InChI=1S/C92H64F4N2O2/c1-5-61-15-43-77(44-16-61)99-79-47-27-67(28-48-79)91(65-23-31-69(93)32-24-65)85-13-9-7-11-81(85)83-51-39-75(57-87(83)91)97(73-41-53-89(95)59(3)55-73)71-35-19-63(20-36-71)64-21-37-72(38-22-64)98(74-42-54-90(96)60(4)56-74)76-40-52-84-82-12-8-10-14-86(82)92(88(84)58-76,66-25-33-70(94)34-26-66)68-29-49-80(50-30-68)100-78-45-17-62(6-2)18-46-78/h5-58H,1-2H2,3-4H3. The first-order valence-electron chi connectivity index (χ1n) is 33.2. The molecular weight excluding hydrogens is 1240 g/mol. The van der Waals surface area contributed by atoms with Crippen LogP contribution in [0.5, 0.6) is 23.0 Å². The van der Waals surface area contributed by atoms with Crippen LogP contribution in [0.1, 0.15) is 66.8 Å². The minimum Gasteiger partial charge on any atom is -0.457 e. The van der Waals surface area contributed by atoms with Crippen molar-refractivity contribution in [2.75, 3.05) is 9.80 Å². The fourth-order valence-electron chi connectivity index (χ4n) is 15.0. The molecule has 2 aliphatic carbocycles. The molecule has 0 radical (unpaired) electrons. The van der Waals surface area contributed by atoms with Gasteiger partial charge in [-0.3, -0.25) is 0 Å². The van der Waals surface area contributed by atoms with Crippen LogP contribution in [0.2, 0.25) is 0 Å². The molecule has 0 amide bonds. The highest BCUT2D eigenvalue weighted by Gasteiger charge is 2.48. The number of benzene rings is 14. The first-order valence-corrected chi connectivity index (χ1v) is 33.2. The maximum atomic E-state index is 15.4. The predicted molar refractivity (Wildman–Crippen MR) is 398 cm³/mol. The maximum Gasteiger partial charge on any atom is 0.127 e. The van der Waals surface area contributed by atoms with Crippen molar-refractivity contribution in [3.05, 3.63) is 419 Å². The topological polar surface area (TPSA) is 24.9 Å². The molecule has 14 aromatic carbocycles. The van der Waals surface area contributed by atoms with Gasteiger partial charge in [-0.1, -0.05) is 183 Å². The van der Waals surface area contributed by atoms with Crippen LogP contribution in [0.4, 0.5) is 51.7 Å². The van der Waals surface area contributed by atoms with Crippen LogP contribution >= 0.6 is 0 Å². The predicted octanol–water partition coefficient (Wildman–Crippen LogP) is 25.1. The molecule has 8 heteroatoms. The number of hydrogen-bond donors (Lipinski definition) is 0. The van der Waals surface area contributed by atoms with Crippen LogP contribution in [0.25, 0.3) is 45.5 Å². The second kappa shape index (κ2) is 25.5. The zero-order valence-corrected chi connectivity index (χ0v) is 54.8. The Hall–Kier alpha value is -12.5. The first kappa shape index (κ1) is 62.3. The normalized spacial score (nSPS) is 14.7. The lowest BCUT2D eigenvalue weighted by Gasteiger charge is -2.35. The summed E-state index contributed by atoms with van der Waals surface area (Å²) in [4.78, 5) is 4.31. The number of rotatable bonds is 17. The summed E-state index contributed by atoms with van der Waals surface area (Å²) in [6.45, 7) is 11.3. The number of hydrogen-bond acceptors (Lipinski definition) is 4. The molecule has 0 bridgehead atoms. The van der Waals surface area contributed by atoms with Gasteiger partial charge < -0.3 is 19.3 Å². The number of fused-ring (bicyclic) bond motifs is 6. The molecule has 14 aromatic rings. The second-order valence-corrected chi connectivity index (χ2v) is 25.5. The van der Waals surface area contributed by atoms with Crippen molar-refractivity contribution in [1.29, 1.82) is 0 Å². The van der Waals surface area contributed by atoms with Crippen molar-refractivity contribution < 1.29 is 27.0 Å². The van der Waals surface area contributed by atoms with Gasteiger partial charge in [0.05, 0.1) is 10.8 Å². The highest BCUT2D eigenvalue weighted by Crippen LogP contribution is 2.60. The van der Waals surface area contributed by atoms with Gasteiger partial charge in [0.25, 0.3) is 0 Å². The minimum absolute atomic E-state index is 0.309. The summed E-state index contributed by atoms with van der Waals surface area (Å²) in [7, 11) is 0. The molecule has 0 spiro atoms. The molecule has 0 aliphatic heterocycles. The average Bonchev–Trinajstić information content (AvgIpc) is 1.53. The van der Waals surface area contributed by atoms with Crippen LogP contribution in [-0.4, -0.2) is 0 Å². The molecule has 16 rings (SSSR count). The molecule has 4 nitrogen and oxygen atoms in total. The zero-order chi connectivity index (χ0) is 68.2. The van der Waals surface area contributed by atoms with E-state index in [9.17, 15) is 0 Å². The molecule has 2 aliphatic rings. The Morgan fingerprint density at radius 2 is 0.580 bits per heavy atom. The van der Waals surface area contributed by atoms with Crippen LogP contribution in [0.3, 0.4) is 0 Å². The van der Waals surface area contributed by atoms with Gasteiger partial charge in [0, 0.05) is 34.1 Å². The molecule has 0 N–H and O–H groups in total. The zero-order valence-electron chi connectivity index (χ0n) is 54.8. The van der Waals surface area contributed by atoms with E-state index in [1.54, 1.807) is 26.0 Å². The summed E-state index contributed by atoms with van der Waals surface area (Å²) in [5.41, 5.74) is 19.9. The maximum absolute atomic E-state index is 15.4. The third kappa shape index (κ3) is 10.8. The fourth-order valence-corrected chi connectivity index (χ4v) is 15.0. The Morgan fingerprint density at radius 3 is 0.920 bits per heavy atom.